The van der Waals surface area contributed by atoms with Gasteiger partial charge in [-0.3, -0.25) is 9.78 Å². The summed E-state index contributed by atoms with van der Waals surface area (Å²) in [6, 6.07) is 17.7. The Morgan fingerprint density at radius 2 is 1.83 bits per heavy atom. The normalized spacial score (nSPS) is 10.7. The molecule has 0 aliphatic rings. The molecule has 2 aromatic carbocycles. The van der Waals surface area contributed by atoms with E-state index in [9.17, 15) is 9.18 Å². The molecule has 0 unspecified atom stereocenters. The largest absolute Gasteiger partial charge is 0.348 e. The molecular weight excluding hydrogens is 367 g/mol. The molecule has 2 heterocycles. The summed E-state index contributed by atoms with van der Waals surface area (Å²) in [5.74, 6) is -0.759. The van der Waals surface area contributed by atoms with Crippen LogP contribution in [0, 0.1) is 12.7 Å². The molecule has 144 valence electrons. The topological polar surface area (TPSA) is 59.8 Å². The number of hydrogen-bond acceptors (Lipinski definition) is 3. The number of rotatable bonds is 5. The summed E-state index contributed by atoms with van der Waals surface area (Å²) in [5.41, 5.74) is 4.47. The summed E-state index contributed by atoms with van der Waals surface area (Å²) in [6.07, 6.45) is 5.30. The lowest BCUT2D eigenvalue weighted by molar-refractivity contribution is 0.0950. The minimum Gasteiger partial charge on any atom is -0.348 e. The van der Waals surface area contributed by atoms with Crippen molar-refractivity contribution < 1.29 is 9.18 Å². The number of halogens is 1. The molecule has 1 amide bonds. The first kappa shape index (κ1) is 18.6. The third kappa shape index (κ3) is 4.06. The first-order valence-electron chi connectivity index (χ1n) is 9.20. The van der Waals surface area contributed by atoms with E-state index in [1.807, 2.05) is 48.7 Å². The molecule has 0 aliphatic heterocycles. The van der Waals surface area contributed by atoms with Crippen LogP contribution in [-0.4, -0.2) is 20.7 Å². The van der Waals surface area contributed by atoms with E-state index >= 15 is 0 Å². The minimum atomic E-state index is -0.435. The monoisotopic (exact) mass is 386 g/mol. The van der Waals surface area contributed by atoms with Gasteiger partial charge in [0.1, 0.15) is 5.82 Å². The molecule has 0 radical (unpaired) electrons. The van der Waals surface area contributed by atoms with Crippen LogP contribution in [-0.2, 0) is 6.54 Å². The summed E-state index contributed by atoms with van der Waals surface area (Å²) in [5, 5.41) is 7.59. The molecule has 0 spiro atoms. The van der Waals surface area contributed by atoms with E-state index < -0.39 is 5.82 Å². The van der Waals surface area contributed by atoms with Gasteiger partial charge in [-0.2, -0.15) is 5.10 Å². The fraction of sp³-hybridized carbons (Fsp3) is 0.0870. The van der Waals surface area contributed by atoms with Crippen LogP contribution in [0.3, 0.4) is 0 Å². The second-order valence-corrected chi connectivity index (χ2v) is 6.66. The first-order valence-corrected chi connectivity index (χ1v) is 9.20. The molecule has 1 N–H and O–H groups in total. The van der Waals surface area contributed by atoms with Gasteiger partial charge in [-0.05, 0) is 48.9 Å². The highest BCUT2D eigenvalue weighted by atomic mass is 19.1. The zero-order valence-electron chi connectivity index (χ0n) is 15.8. The number of carbonyl (C=O) groups is 1. The van der Waals surface area contributed by atoms with Gasteiger partial charge in [-0.1, -0.05) is 24.3 Å². The number of hydrogen-bond donors (Lipinski definition) is 1. The van der Waals surface area contributed by atoms with Crippen LogP contribution in [0.25, 0.3) is 16.9 Å². The van der Waals surface area contributed by atoms with Crippen LogP contribution in [0.5, 0.6) is 0 Å². The highest BCUT2D eigenvalue weighted by Crippen LogP contribution is 2.23. The fourth-order valence-corrected chi connectivity index (χ4v) is 3.11. The van der Waals surface area contributed by atoms with Gasteiger partial charge in [-0.25, -0.2) is 9.07 Å². The lowest BCUT2D eigenvalue weighted by Gasteiger charge is -2.08. The lowest BCUT2D eigenvalue weighted by Crippen LogP contribution is -2.23. The number of para-hydroxylation sites is 1. The maximum atomic E-state index is 13.5. The Balaban J connectivity index is 1.64. The lowest BCUT2D eigenvalue weighted by atomic mass is 10.1. The number of pyridine rings is 1. The molecule has 0 saturated carbocycles. The number of benzene rings is 2. The molecular formula is C23H19FN4O. The van der Waals surface area contributed by atoms with Crippen LogP contribution in [0.4, 0.5) is 4.39 Å². The Kier molecular flexibility index (Phi) is 5.16. The van der Waals surface area contributed by atoms with Gasteiger partial charge in [0.25, 0.3) is 5.91 Å². The fourth-order valence-electron chi connectivity index (χ4n) is 3.11. The second kappa shape index (κ2) is 8.06. The summed E-state index contributed by atoms with van der Waals surface area (Å²) in [4.78, 5) is 16.7. The van der Waals surface area contributed by atoms with Crippen molar-refractivity contribution >= 4 is 5.91 Å². The van der Waals surface area contributed by atoms with Gasteiger partial charge in [0.2, 0.25) is 0 Å². The molecule has 4 aromatic rings. The number of carbonyl (C=O) groups excluding carboxylic acids is 1. The van der Waals surface area contributed by atoms with E-state index in [2.05, 4.69) is 10.3 Å². The number of aromatic nitrogens is 3. The van der Waals surface area contributed by atoms with Crippen molar-refractivity contribution in [3.05, 3.63) is 102 Å². The standard InChI is InChI=1S/C23H19FN4O/c1-16-7-8-19(24)13-21(16)23(29)26-14-18-15-28(20-5-3-2-4-6-20)27-22(18)17-9-11-25-12-10-17/h2-13,15H,14H2,1H3,(H,26,29). The molecule has 0 aliphatic carbocycles. The summed E-state index contributed by atoms with van der Waals surface area (Å²) >= 11 is 0. The molecule has 6 heteroatoms. The highest BCUT2D eigenvalue weighted by Gasteiger charge is 2.15. The van der Waals surface area contributed by atoms with Crippen LogP contribution in [0.15, 0.2) is 79.3 Å². The number of amides is 1. The van der Waals surface area contributed by atoms with E-state index in [0.717, 1.165) is 28.1 Å². The molecule has 0 saturated heterocycles. The van der Waals surface area contributed by atoms with E-state index in [4.69, 9.17) is 5.10 Å². The van der Waals surface area contributed by atoms with Crippen LogP contribution in [0.1, 0.15) is 21.5 Å². The van der Waals surface area contributed by atoms with Gasteiger partial charge in [-0.15, -0.1) is 0 Å². The zero-order valence-corrected chi connectivity index (χ0v) is 15.8. The van der Waals surface area contributed by atoms with Crippen molar-refractivity contribution in [3.8, 4) is 16.9 Å². The van der Waals surface area contributed by atoms with E-state index in [1.165, 1.54) is 12.1 Å². The first-order chi connectivity index (χ1) is 14.1. The Labute approximate surface area is 167 Å². The minimum absolute atomic E-state index is 0.263. The predicted octanol–water partition coefficient (Wildman–Crippen LogP) is 4.31. The Hall–Kier alpha value is -3.80. The van der Waals surface area contributed by atoms with Crippen molar-refractivity contribution in [1.82, 2.24) is 20.1 Å². The summed E-state index contributed by atoms with van der Waals surface area (Å²) < 4.78 is 15.3. The van der Waals surface area contributed by atoms with E-state index in [-0.39, 0.29) is 12.5 Å². The summed E-state index contributed by atoms with van der Waals surface area (Å²) in [6.45, 7) is 2.05. The SMILES string of the molecule is Cc1ccc(F)cc1C(=O)NCc1cn(-c2ccccc2)nc1-c1ccncc1. The molecule has 2 aromatic heterocycles. The average Bonchev–Trinajstić information content (AvgIpc) is 3.19. The van der Waals surface area contributed by atoms with Gasteiger partial charge in [0.15, 0.2) is 0 Å². The van der Waals surface area contributed by atoms with Crippen molar-refractivity contribution in [3.63, 3.8) is 0 Å². The van der Waals surface area contributed by atoms with Crippen molar-refractivity contribution in [2.45, 2.75) is 13.5 Å². The van der Waals surface area contributed by atoms with Gasteiger partial charge in [0, 0.05) is 41.8 Å². The number of nitrogens with one attached hydrogen (secondary N) is 1. The molecule has 0 bridgehead atoms. The Bertz CT molecular complexity index is 1140. The van der Waals surface area contributed by atoms with Crippen LogP contribution in [0.2, 0.25) is 0 Å². The van der Waals surface area contributed by atoms with Crippen LogP contribution >= 0.6 is 0 Å². The Morgan fingerprint density at radius 1 is 1.07 bits per heavy atom. The smallest absolute Gasteiger partial charge is 0.251 e. The Morgan fingerprint density at radius 3 is 2.59 bits per heavy atom. The molecule has 4 rings (SSSR count). The van der Waals surface area contributed by atoms with Gasteiger partial charge < -0.3 is 5.32 Å². The second-order valence-electron chi connectivity index (χ2n) is 6.66. The third-order valence-electron chi connectivity index (χ3n) is 4.65. The maximum absolute atomic E-state index is 13.5. The molecule has 0 fully saturated rings. The van der Waals surface area contributed by atoms with Crippen molar-refractivity contribution in [2.75, 3.05) is 0 Å². The van der Waals surface area contributed by atoms with E-state index in [0.29, 0.717) is 5.56 Å². The van der Waals surface area contributed by atoms with Gasteiger partial charge >= 0.3 is 0 Å². The predicted molar refractivity (Wildman–Crippen MR) is 109 cm³/mol. The average molecular weight is 386 g/mol. The van der Waals surface area contributed by atoms with Crippen molar-refractivity contribution in [2.24, 2.45) is 0 Å². The van der Waals surface area contributed by atoms with Gasteiger partial charge in [0.05, 0.1) is 11.4 Å². The maximum Gasteiger partial charge on any atom is 0.251 e. The number of nitrogens with zero attached hydrogens (tertiary/aromatic N) is 3. The third-order valence-corrected chi connectivity index (χ3v) is 4.65. The van der Waals surface area contributed by atoms with Crippen molar-refractivity contribution in [1.29, 1.82) is 0 Å². The summed E-state index contributed by atoms with van der Waals surface area (Å²) in [7, 11) is 0. The number of aryl methyl sites for hydroxylation is 1. The zero-order chi connectivity index (χ0) is 20.2. The molecule has 29 heavy (non-hydrogen) atoms. The van der Waals surface area contributed by atoms with E-state index in [1.54, 1.807) is 30.1 Å². The van der Waals surface area contributed by atoms with Crippen LogP contribution < -0.4 is 5.32 Å². The highest BCUT2D eigenvalue weighted by molar-refractivity contribution is 5.95. The molecule has 5 nitrogen and oxygen atoms in total. The molecule has 0 atom stereocenters. The quantitative estimate of drug-likeness (QED) is 0.556.